The van der Waals surface area contributed by atoms with Gasteiger partial charge in [-0.25, -0.2) is 4.79 Å². The Morgan fingerprint density at radius 1 is 1.28 bits per heavy atom. The van der Waals surface area contributed by atoms with Crippen LogP contribution in [0.5, 0.6) is 0 Å². The van der Waals surface area contributed by atoms with Gasteiger partial charge < -0.3 is 21.5 Å². The van der Waals surface area contributed by atoms with Gasteiger partial charge >= 0.3 is 36.1 Å². The van der Waals surface area contributed by atoms with E-state index in [4.69, 9.17) is 4.74 Å². The molecule has 0 aliphatic carbocycles. The Morgan fingerprint density at radius 3 is 2.17 bits per heavy atom. The summed E-state index contributed by atoms with van der Waals surface area (Å²) in [7, 11) is 0. The summed E-state index contributed by atoms with van der Waals surface area (Å²) < 4.78 is 5.33. The molecule has 0 spiro atoms. The predicted octanol–water partition coefficient (Wildman–Crippen LogP) is 2.61. The first-order valence-corrected chi connectivity index (χ1v) is 13.1. The van der Waals surface area contributed by atoms with Gasteiger partial charge in [0.1, 0.15) is 5.60 Å². The van der Waals surface area contributed by atoms with Crippen LogP contribution >= 0.6 is 13.6 Å². The van der Waals surface area contributed by atoms with Crippen LogP contribution in [0, 0.1) is 6.92 Å². The van der Waals surface area contributed by atoms with E-state index in [-0.39, 0.29) is 6.09 Å². The maximum atomic E-state index is 11.8. The van der Waals surface area contributed by atoms with Crippen molar-refractivity contribution < 1.29 is 25.9 Å². The summed E-state index contributed by atoms with van der Waals surface area (Å²) >= 11 is 4.25. The van der Waals surface area contributed by atoms with Crippen LogP contribution in [0.4, 0.5) is 4.79 Å². The van der Waals surface area contributed by atoms with E-state index in [2.05, 4.69) is 25.4 Å². The molecule has 0 aromatic heterocycles. The number of halogens is 1. The van der Waals surface area contributed by atoms with Gasteiger partial charge in [0, 0.05) is 26.2 Å². The van der Waals surface area contributed by atoms with Gasteiger partial charge in [0.15, 0.2) is 0 Å². The number of nitrogens with zero attached hydrogens (tertiary/aromatic N) is 2. The summed E-state index contributed by atoms with van der Waals surface area (Å²) in [5.74, 6) is 0. The van der Waals surface area contributed by atoms with Crippen molar-refractivity contribution >= 4 is 19.7 Å². The zero-order valence-electron chi connectivity index (χ0n) is 11.7. The van der Waals surface area contributed by atoms with Gasteiger partial charge in [-0.3, -0.25) is 0 Å². The summed E-state index contributed by atoms with van der Waals surface area (Å²) in [6.07, 6.45) is 0.730. The number of carbonyl (C=O) groups is 1. The molecular weight excluding hydrogens is 349 g/mol. The van der Waals surface area contributed by atoms with Gasteiger partial charge in [-0.2, -0.15) is 6.42 Å². The Kier molecular flexibility index (Phi) is 9.44. The quantitative estimate of drug-likeness (QED) is 0.552. The number of hydrogen-bond donors (Lipinski definition) is 0. The first-order chi connectivity index (χ1) is 8.42. The fourth-order valence-corrected chi connectivity index (χ4v) is 1.70. The first kappa shape index (κ1) is 18.3. The third kappa shape index (κ3) is 7.70. The fourth-order valence-electron chi connectivity index (χ4n) is 1.70. The van der Waals surface area contributed by atoms with Crippen LogP contribution in [0.2, 0.25) is 0 Å². The third-order valence-corrected chi connectivity index (χ3v) is 2.50. The number of ether oxygens (including phenoxy) is 1. The second-order valence-electron chi connectivity index (χ2n) is 5.16. The molecule has 0 N–H and O–H groups in total. The minimum absolute atomic E-state index is 0.193. The molecular formula is C12H23BrN2O2Zn. The molecule has 0 bridgehead atoms. The zero-order chi connectivity index (χ0) is 14.2. The van der Waals surface area contributed by atoms with Gasteiger partial charge in [-0.1, -0.05) is 0 Å². The predicted molar refractivity (Wildman–Crippen MR) is 73.1 cm³/mol. The maximum absolute atomic E-state index is 11.8. The Morgan fingerprint density at radius 2 is 1.78 bits per heavy atom. The van der Waals surface area contributed by atoms with E-state index >= 15 is 0 Å². The normalized spacial score (nSPS) is 16.9. The molecule has 1 fully saturated rings. The molecule has 102 valence electrons. The number of piperazine rings is 1. The van der Waals surface area contributed by atoms with E-state index in [1.54, 1.807) is 4.90 Å². The first-order valence-electron chi connectivity index (χ1n) is 6.18. The number of rotatable bonds is 2. The minimum atomic E-state index is -0.401. The average molecular weight is 373 g/mol. The van der Waals surface area contributed by atoms with Crippen molar-refractivity contribution in [1.82, 2.24) is 9.80 Å². The second kappa shape index (κ2) is 9.27. The molecule has 0 unspecified atom stereocenters. The van der Waals surface area contributed by atoms with Crippen LogP contribution in [0.15, 0.2) is 0 Å². The van der Waals surface area contributed by atoms with Gasteiger partial charge in [0.05, 0.1) is 0 Å². The molecule has 6 heteroatoms. The molecule has 18 heavy (non-hydrogen) atoms. The van der Waals surface area contributed by atoms with Crippen molar-refractivity contribution in [1.29, 1.82) is 0 Å². The van der Waals surface area contributed by atoms with Crippen molar-refractivity contribution in [2.45, 2.75) is 32.8 Å². The summed E-state index contributed by atoms with van der Waals surface area (Å²) in [5.41, 5.74) is -0.401. The molecule has 1 saturated heterocycles. The van der Waals surface area contributed by atoms with E-state index in [0.29, 0.717) is 0 Å². The van der Waals surface area contributed by atoms with Crippen LogP contribution in [-0.4, -0.2) is 54.2 Å². The van der Waals surface area contributed by atoms with E-state index in [1.807, 2.05) is 20.8 Å². The number of hydrogen-bond acceptors (Lipinski definition) is 3. The molecule has 4 nitrogen and oxygen atoms in total. The molecule has 0 atom stereocenters. The Bertz CT molecular complexity index is 239. The van der Waals surface area contributed by atoms with Crippen LogP contribution in [0.3, 0.4) is 0 Å². The monoisotopic (exact) mass is 370 g/mol. The molecule has 1 aliphatic rings. The van der Waals surface area contributed by atoms with Gasteiger partial charge in [0.25, 0.3) is 0 Å². The van der Waals surface area contributed by atoms with Gasteiger partial charge in [-0.05, 0) is 27.3 Å². The molecule has 1 heterocycles. The average Bonchev–Trinajstić information content (AvgIpc) is 2.31. The molecule has 1 amide bonds. The van der Waals surface area contributed by atoms with E-state index in [1.165, 1.54) is 16.3 Å². The van der Waals surface area contributed by atoms with Crippen molar-refractivity contribution in [3.8, 4) is 0 Å². The summed E-state index contributed by atoms with van der Waals surface area (Å²) in [6.45, 7) is 13.9. The fraction of sp³-hybridized carbons (Fsp3) is 0.833. The van der Waals surface area contributed by atoms with Crippen LogP contribution in [-0.2, 0) is 21.1 Å². The van der Waals surface area contributed by atoms with Crippen molar-refractivity contribution in [2.24, 2.45) is 0 Å². The Labute approximate surface area is 127 Å². The Balaban J connectivity index is 0.00000137. The molecule has 1 rings (SSSR count). The van der Waals surface area contributed by atoms with Crippen molar-refractivity contribution in [2.75, 3.05) is 32.7 Å². The third-order valence-electron chi connectivity index (χ3n) is 2.50. The van der Waals surface area contributed by atoms with E-state index < -0.39 is 5.60 Å². The van der Waals surface area contributed by atoms with E-state index in [9.17, 15) is 4.79 Å². The Hall–Kier alpha value is 0.333. The number of carbonyl (C=O) groups excluding carboxylic acids is 1. The molecule has 0 saturated carbocycles. The van der Waals surface area contributed by atoms with Crippen molar-refractivity contribution in [3.05, 3.63) is 6.92 Å². The van der Waals surface area contributed by atoms with Gasteiger partial charge in [-0.15, -0.1) is 0 Å². The molecule has 0 aromatic rings. The SMILES string of the molecule is [CH2-]CCN1CCN(C(=O)OC(C)(C)C)CC1.[Zn+][Br]. The van der Waals surface area contributed by atoms with Crippen LogP contribution in [0.25, 0.3) is 0 Å². The summed E-state index contributed by atoms with van der Waals surface area (Å²) in [5, 5.41) is 0. The van der Waals surface area contributed by atoms with Crippen LogP contribution < -0.4 is 0 Å². The zero-order valence-corrected chi connectivity index (χ0v) is 16.3. The molecule has 1 aliphatic heterocycles. The second-order valence-corrected chi connectivity index (χ2v) is 5.16. The van der Waals surface area contributed by atoms with Gasteiger partial charge in [0.2, 0.25) is 0 Å². The van der Waals surface area contributed by atoms with Crippen LogP contribution in [0.1, 0.15) is 27.2 Å². The standard InChI is InChI=1S/C12H23N2O2.BrH.Zn/c1-5-6-13-7-9-14(10-8-13)11(15)16-12(2,3)4;;/h1,5-10H2,2-4H3;1H;/q-1;;+2/p-1. The number of amides is 1. The van der Waals surface area contributed by atoms with E-state index in [0.717, 1.165) is 39.1 Å². The molecule has 0 radical (unpaired) electrons. The topological polar surface area (TPSA) is 32.8 Å². The molecule has 0 aromatic carbocycles. The van der Waals surface area contributed by atoms with Crippen molar-refractivity contribution in [3.63, 3.8) is 0 Å². The summed E-state index contributed by atoms with van der Waals surface area (Å²) in [6, 6.07) is 0. The summed E-state index contributed by atoms with van der Waals surface area (Å²) in [4.78, 5) is 15.9.